The van der Waals surface area contributed by atoms with Gasteiger partial charge in [-0.15, -0.1) is 0 Å². The van der Waals surface area contributed by atoms with E-state index in [9.17, 15) is 0 Å². The summed E-state index contributed by atoms with van der Waals surface area (Å²) in [5, 5.41) is 15.0. The number of likely N-dealkylation sites (tertiary alicyclic amines) is 1. The summed E-state index contributed by atoms with van der Waals surface area (Å²) in [4.78, 5) is 2.53. The molecule has 2 N–H and O–H groups in total. The molecule has 1 aliphatic rings. The smallest absolute Gasteiger partial charge is 0.0622 e. The minimum atomic E-state index is 0.588. The lowest BCUT2D eigenvalue weighted by Gasteiger charge is -2.32. The van der Waals surface area contributed by atoms with Gasteiger partial charge in [0.05, 0.1) is 11.9 Å². The molecule has 1 aliphatic heterocycles. The third kappa shape index (κ3) is 3.18. The number of nitrogens with one attached hydrogen (secondary N) is 2. The van der Waals surface area contributed by atoms with Gasteiger partial charge in [-0.25, -0.2) is 0 Å². The highest BCUT2D eigenvalue weighted by molar-refractivity contribution is 5.21. The Balaban J connectivity index is 1.65. The second-order valence-corrected chi connectivity index (χ2v) is 5.97. The molecule has 0 radical (unpaired) electrons. The van der Waals surface area contributed by atoms with E-state index in [1.807, 2.05) is 6.20 Å². The molecule has 0 bridgehead atoms. The normalized spacial score (nSPS) is 20.0. The topological polar surface area (TPSA) is 60.6 Å². The molecular weight excluding hydrogens is 262 g/mol. The lowest BCUT2D eigenvalue weighted by molar-refractivity contribution is 0.196. The number of aromatic amines is 2. The summed E-state index contributed by atoms with van der Waals surface area (Å²) in [5.74, 6) is 0.588. The highest BCUT2D eigenvalue weighted by Gasteiger charge is 2.24. The van der Waals surface area contributed by atoms with Crippen LogP contribution in [0.3, 0.4) is 0 Å². The summed E-state index contributed by atoms with van der Waals surface area (Å²) in [6.07, 6.45) is 6.54. The van der Waals surface area contributed by atoms with Crippen LogP contribution in [-0.4, -0.2) is 38.4 Å². The van der Waals surface area contributed by atoms with Crippen LogP contribution in [0.15, 0.2) is 12.3 Å². The van der Waals surface area contributed by atoms with Crippen molar-refractivity contribution in [3.05, 3.63) is 34.9 Å². The molecule has 1 saturated heterocycles. The number of piperidine rings is 1. The summed E-state index contributed by atoms with van der Waals surface area (Å²) in [5.41, 5.74) is 5.10. The molecule has 5 nitrogen and oxygen atoms in total. The second kappa shape index (κ2) is 6.43. The molecule has 3 heterocycles. The van der Waals surface area contributed by atoms with Crippen LogP contribution in [0.5, 0.6) is 0 Å². The molecule has 5 heteroatoms. The Labute approximate surface area is 126 Å². The SMILES string of the molecule is CCc1cc(CN2CCCC(c3[nH]ncc3CC)C2)[nH]n1. The van der Waals surface area contributed by atoms with Gasteiger partial charge in [-0.2, -0.15) is 10.2 Å². The van der Waals surface area contributed by atoms with Crippen LogP contribution >= 0.6 is 0 Å². The van der Waals surface area contributed by atoms with Gasteiger partial charge >= 0.3 is 0 Å². The van der Waals surface area contributed by atoms with E-state index in [4.69, 9.17) is 0 Å². The fourth-order valence-corrected chi connectivity index (χ4v) is 3.30. The number of nitrogens with zero attached hydrogens (tertiary/aromatic N) is 3. The molecule has 0 saturated carbocycles. The maximum absolute atomic E-state index is 4.33. The Morgan fingerprint density at radius 3 is 2.95 bits per heavy atom. The Morgan fingerprint density at radius 1 is 1.29 bits per heavy atom. The van der Waals surface area contributed by atoms with Crippen molar-refractivity contribution in [3.63, 3.8) is 0 Å². The molecule has 21 heavy (non-hydrogen) atoms. The Hall–Kier alpha value is -1.62. The maximum Gasteiger partial charge on any atom is 0.0622 e. The van der Waals surface area contributed by atoms with Gasteiger partial charge in [0.1, 0.15) is 0 Å². The Morgan fingerprint density at radius 2 is 2.19 bits per heavy atom. The zero-order chi connectivity index (χ0) is 14.7. The molecular formula is C16H25N5. The number of aromatic nitrogens is 4. The molecule has 1 unspecified atom stereocenters. The van der Waals surface area contributed by atoms with Gasteiger partial charge in [0, 0.05) is 30.4 Å². The highest BCUT2D eigenvalue weighted by atomic mass is 15.2. The lowest BCUT2D eigenvalue weighted by atomic mass is 9.92. The van der Waals surface area contributed by atoms with Gasteiger partial charge in [0.2, 0.25) is 0 Å². The largest absolute Gasteiger partial charge is 0.297 e. The number of H-pyrrole nitrogens is 2. The van der Waals surface area contributed by atoms with Gasteiger partial charge in [-0.3, -0.25) is 15.1 Å². The first-order chi connectivity index (χ1) is 10.3. The summed E-state index contributed by atoms with van der Waals surface area (Å²) < 4.78 is 0. The van der Waals surface area contributed by atoms with E-state index in [1.54, 1.807) is 0 Å². The second-order valence-electron chi connectivity index (χ2n) is 5.97. The van der Waals surface area contributed by atoms with Crippen molar-refractivity contribution in [3.8, 4) is 0 Å². The van der Waals surface area contributed by atoms with Crippen molar-refractivity contribution < 1.29 is 0 Å². The molecule has 1 atom stereocenters. The fourth-order valence-electron chi connectivity index (χ4n) is 3.30. The van der Waals surface area contributed by atoms with E-state index in [0.717, 1.165) is 31.6 Å². The van der Waals surface area contributed by atoms with Gasteiger partial charge in [-0.05, 0) is 43.9 Å². The van der Waals surface area contributed by atoms with E-state index in [-0.39, 0.29) is 0 Å². The van der Waals surface area contributed by atoms with Crippen molar-refractivity contribution in [2.45, 2.75) is 52.0 Å². The minimum absolute atomic E-state index is 0.588. The summed E-state index contributed by atoms with van der Waals surface area (Å²) in [6.45, 7) is 7.59. The van der Waals surface area contributed by atoms with Crippen molar-refractivity contribution in [2.75, 3.05) is 13.1 Å². The molecule has 0 amide bonds. The van der Waals surface area contributed by atoms with Crippen LogP contribution in [0.4, 0.5) is 0 Å². The maximum atomic E-state index is 4.33. The first-order valence-electron chi connectivity index (χ1n) is 8.07. The number of hydrogen-bond acceptors (Lipinski definition) is 3. The number of hydrogen-bond donors (Lipinski definition) is 2. The average molecular weight is 287 g/mol. The molecule has 0 aliphatic carbocycles. The molecule has 114 valence electrons. The standard InChI is InChI=1S/C16H25N5/c1-3-12-9-17-20-16(12)13-6-5-7-21(10-13)11-15-8-14(4-2)18-19-15/h8-9,13H,3-7,10-11H2,1-2H3,(H,17,20)(H,18,19). The minimum Gasteiger partial charge on any atom is -0.297 e. The summed E-state index contributed by atoms with van der Waals surface area (Å²) in [7, 11) is 0. The lowest BCUT2D eigenvalue weighted by Crippen LogP contribution is -2.34. The first-order valence-corrected chi connectivity index (χ1v) is 8.07. The van der Waals surface area contributed by atoms with E-state index in [2.05, 4.69) is 45.2 Å². The van der Waals surface area contributed by atoms with E-state index in [1.165, 1.54) is 36.3 Å². The predicted octanol–water partition coefficient (Wildman–Crippen LogP) is 2.64. The third-order valence-electron chi connectivity index (χ3n) is 4.49. The van der Waals surface area contributed by atoms with Crippen LogP contribution in [0.2, 0.25) is 0 Å². The summed E-state index contributed by atoms with van der Waals surface area (Å²) >= 11 is 0. The number of aryl methyl sites for hydroxylation is 2. The molecule has 0 aromatic carbocycles. The zero-order valence-electron chi connectivity index (χ0n) is 13.0. The first kappa shape index (κ1) is 14.3. The molecule has 2 aromatic heterocycles. The van der Waals surface area contributed by atoms with Crippen molar-refractivity contribution >= 4 is 0 Å². The van der Waals surface area contributed by atoms with Gasteiger partial charge in [0.15, 0.2) is 0 Å². The molecule has 0 spiro atoms. The number of rotatable bonds is 5. The monoisotopic (exact) mass is 287 g/mol. The van der Waals surface area contributed by atoms with E-state index >= 15 is 0 Å². The highest BCUT2D eigenvalue weighted by Crippen LogP contribution is 2.28. The van der Waals surface area contributed by atoms with Gasteiger partial charge in [-0.1, -0.05) is 13.8 Å². The fraction of sp³-hybridized carbons (Fsp3) is 0.625. The third-order valence-corrected chi connectivity index (χ3v) is 4.49. The quantitative estimate of drug-likeness (QED) is 0.888. The molecule has 2 aromatic rings. The van der Waals surface area contributed by atoms with Crippen molar-refractivity contribution in [1.82, 2.24) is 25.3 Å². The van der Waals surface area contributed by atoms with Crippen molar-refractivity contribution in [1.29, 1.82) is 0 Å². The van der Waals surface area contributed by atoms with E-state index < -0.39 is 0 Å². The predicted molar refractivity (Wildman–Crippen MR) is 83.2 cm³/mol. The van der Waals surface area contributed by atoms with Crippen LogP contribution in [0.1, 0.15) is 55.3 Å². The van der Waals surface area contributed by atoms with E-state index in [0.29, 0.717) is 5.92 Å². The summed E-state index contributed by atoms with van der Waals surface area (Å²) in [6, 6.07) is 2.19. The Bertz CT molecular complexity index is 571. The van der Waals surface area contributed by atoms with Gasteiger partial charge < -0.3 is 0 Å². The van der Waals surface area contributed by atoms with Gasteiger partial charge in [0.25, 0.3) is 0 Å². The van der Waals surface area contributed by atoms with Crippen LogP contribution in [0.25, 0.3) is 0 Å². The zero-order valence-corrected chi connectivity index (χ0v) is 13.0. The Kier molecular flexibility index (Phi) is 4.39. The van der Waals surface area contributed by atoms with Crippen LogP contribution in [-0.2, 0) is 19.4 Å². The molecule has 1 fully saturated rings. The van der Waals surface area contributed by atoms with Crippen LogP contribution in [0, 0.1) is 0 Å². The van der Waals surface area contributed by atoms with Crippen LogP contribution < -0.4 is 0 Å². The molecule has 3 rings (SSSR count). The van der Waals surface area contributed by atoms with Crippen molar-refractivity contribution in [2.24, 2.45) is 0 Å². The average Bonchev–Trinajstić information content (AvgIpc) is 3.15.